The van der Waals surface area contributed by atoms with Crippen molar-refractivity contribution in [1.82, 2.24) is 9.97 Å². The summed E-state index contributed by atoms with van der Waals surface area (Å²) in [6.07, 6.45) is 3.01. The number of ether oxygens (including phenoxy) is 1. The van der Waals surface area contributed by atoms with Gasteiger partial charge in [0.15, 0.2) is 5.15 Å². The molecule has 0 N–H and O–H groups in total. The topological polar surface area (TPSA) is 35.0 Å². The lowest BCUT2D eigenvalue weighted by molar-refractivity contribution is 0.456. The van der Waals surface area contributed by atoms with Gasteiger partial charge in [0.1, 0.15) is 5.75 Å². The number of nitrogens with zero attached hydrogens (tertiary/aromatic N) is 2. The number of aryl methyl sites for hydroxylation is 1. The van der Waals surface area contributed by atoms with E-state index < -0.39 is 0 Å². The highest BCUT2D eigenvalue weighted by atomic mass is 35.5. The molecule has 0 saturated heterocycles. The first-order valence-electron chi connectivity index (χ1n) is 4.88. The molecule has 0 aliphatic heterocycles. The van der Waals surface area contributed by atoms with Gasteiger partial charge in [-0.05, 0) is 31.0 Å². The van der Waals surface area contributed by atoms with E-state index in [1.54, 1.807) is 0 Å². The van der Waals surface area contributed by atoms with Crippen LogP contribution in [0.25, 0.3) is 0 Å². The standard InChI is InChI=1S/C12H11ClN2O/c1-8-4-3-5-10(9(8)2)16-12-7-14-6-11(13)15-12/h3-7H,1-2H3. The lowest BCUT2D eigenvalue weighted by atomic mass is 10.1. The first-order chi connectivity index (χ1) is 7.66. The predicted octanol–water partition coefficient (Wildman–Crippen LogP) is 3.54. The molecule has 1 aromatic carbocycles. The lowest BCUT2D eigenvalue weighted by Crippen LogP contribution is -1.92. The fraction of sp³-hybridized carbons (Fsp3) is 0.167. The third-order valence-corrected chi connectivity index (χ3v) is 2.53. The monoisotopic (exact) mass is 234 g/mol. The van der Waals surface area contributed by atoms with Crippen LogP contribution in [0.5, 0.6) is 11.6 Å². The second-order valence-corrected chi connectivity index (χ2v) is 3.87. The summed E-state index contributed by atoms with van der Waals surface area (Å²) in [5, 5.41) is 0.322. The van der Waals surface area contributed by atoms with E-state index >= 15 is 0 Å². The average Bonchev–Trinajstić information content (AvgIpc) is 2.25. The summed E-state index contributed by atoms with van der Waals surface area (Å²) in [6.45, 7) is 4.04. The summed E-state index contributed by atoms with van der Waals surface area (Å²) in [4.78, 5) is 7.93. The van der Waals surface area contributed by atoms with Crippen LogP contribution in [0.15, 0.2) is 30.6 Å². The summed E-state index contributed by atoms with van der Waals surface area (Å²) in [6, 6.07) is 5.87. The number of halogens is 1. The summed E-state index contributed by atoms with van der Waals surface area (Å²) in [7, 11) is 0. The Morgan fingerprint density at radius 2 is 2.00 bits per heavy atom. The van der Waals surface area contributed by atoms with Crippen molar-refractivity contribution in [1.29, 1.82) is 0 Å². The van der Waals surface area contributed by atoms with Crippen molar-refractivity contribution in [2.24, 2.45) is 0 Å². The number of rotatable bonds is 2. The van der Waals surface area contributed by atoms with Crippen LogP contribution in [-0.4, -0.2) is 9.97 Å². The van der Waals surface area contributed by atoms with Crippen LogP contribution in [0.1, 0.15) is 11.1 Å². The quantitative estimate of drug-likeness (QED) is 0.797. The van der Waals surface area contributed by atoms with Crippen molar-refractivity contribution in [2.45, 2.75) is 13.8 Å². The maximum Gasteiger partial charge on any atom is 0.239 e. The number of aromatic nitrogens is 2. The van der Waals surface area contributed by atoms with Crippen molar-refractivity contribution in [3.05, 3.63) is 46.9 Å². The Kier molecular flexibility index (Phi) is 3.06. The van der Waals surface area contributed by atoms with Crippen molar-refractivity contribution in [3.8, 4) is 11.6 Å². The van der Waals surface area contributed by atoms with E-state index in [1.807, 2.05) is 32.0 Å². The first-order valence-corrected chi connectivity index (χ1v) is 5.26. The molecular weight excluding hydrogens is 224 g/mol. The zero-order valence-corrected chi connectivity index (χ0v) is 9.82. The van der Waals surface area contributed by atoms with E-state index in [-0.39, 0.29) is 0 Å². The third-order valence-electron chi connectivity index (χ3n) is 2.35. The van der Waals surface area contributed by atoms with E-state index in [9.17, 15) is 0 Å². The normalized spacial score (nSPS) is 10.2. The highest BCUT2D eigenvalue weighted by Gasteiger charge is 2.04. The molecule has 82 valence electrons. The second-order valence-electron chi connectivity index (χ2n) is 3.48. The molecule has 2 rings (SSSR count). The fourth-order valence-corrected chi connectivity index (χ4v) is 1.46. The molecule has 4 heteroatoms. The smallest absolute Gasteiger partial charge is 0.239 e. The molecule has 2 aromatic rings. The fourth-order valence-electron chi connectivity index (χ4n) is 1.32. The van der Waals surface area contributed by atoms with Crippen LogP contribution in [-0.2, 0) is 0 Å². The van der Waals surface area contributed by atoms with Crippen molar-refractivity contribution >= 4 is 11.6 Å². The minimum atomic E-state index is 0.322. The molecule has 0 atom stereocenters. The first kappa shape index (κ1) is 10.9. The zero-order valence-electron chi connectivity index (χ0n) is 9.07. The number of benzene rings is 1. The minimum Gasteiger partial charge on any atom is -0.437 e. The SMILES string of the molecule is Cc1cccc(Oc2cncc(Cl)n2)c1C. The van der Waals surface area contributed by atoms with Gasteiger partial charge in [-0.25, -0.2) is 0 Å². The van der Waals surface area contributed by atoms with Gasteiger partial charge in [-0.2, -0.15) is 4.98 Å². The van der Waals surface area contributed by atoms with Gasteiger partial charge in [0.2, 0.25) is 5.88 Å². The molecule has 0 amide bonds. The van der Waals surface area contributed by atoms with Gasteiger partial charge < -0.3 is 4.74 Å². The minimum absolute atomic E-state index is 0.322. The Bertz CT molecular complexity index is 514. The van der Waals surface area contributed by atoms with Crippen LogP contribution in [0.3, 0.4) is 0 Å². The van der Waals surface area contributed by atoms with E-state index in [4.69, 9.17) is 16.3 Å². The Morgan fingerprint density at radius 1 is 1.19 bits per heavy atom. The molecule has 1 aromatic heterocycles. The van der Waals surface area contributed by atoms with Gasteiger partial charge in [-0.1, -0.05) is 23.7 Å². The molecule has 1 heterocycles. The molecular formula is C12H11ClN2O. The van der Waals surface area contributed by atoms with Gasteiger partial charge in [0, 0.05) is 0 Å². The van der Waals surface area contributed by atoms with Crippen LogP contribution in [0, 0.1) is 13.8 Å². The highest BCUT2D eigenvalue weighted by molar-refractivity contribution is 6.29. The average molecular weight is 235 g/mol. The van der Waals surface area contributed by atoms with E-state index in [0.29, 0.717) is 11.0 Å². The summed E-state index contributed by atoms with van der Waals surface area (Å²) >= 11 is 5.73. The van der Waals surface area contributed by atoms with Gasteiger partial charge in [-0.15, -0.1) is 0 Å². The Balaban J connectivity index is 2.31. The van der Waals surface area contributed by atoms with E-state index in [2.05, 4.69) is 9.97 Å². The Morgan fingerprint density at radius 3 is 2.75 bits per heavy atom. The van der Waals surface area contributed by atoms with Crippen molar-refractivity contribution in [3.63, 3.8) is 0 Å². The maximum atomic E-state index is 5.73. The zero-order chi connectivity index (χ0) is 11.5. The van der Waals surface area contributed by atoms with Gasteiger partial charge in [-0.3, -0.25) is 4.98 Å². The molecule has 0 bridgehead atoms. The lowest BCUT2D eigenvalue weighted by Gasteiger charge is -2.09. The molecule has 0 saturated carbocycles. The highest BCUT2D eigenvalue weighted by Crippen LogP contribution is 2.25. The number of hydrogen-bond donors (Lipinski definition) is 0. The maximum absolute atomic E-state index is 5.73. The van der Waals surface area contributed by atoms with Crippen molar-refractivity contribution < 1.29 is 4.74 Å². The molecule has 0 aliphatic carbocycles. The largest absolute Gasteiger partial charge is 0.437 e. The molecule has 0 unspecified atom stereocenters. The molecule has 0 spiro atoms. The second kappa shape index (κ2) is 4.49. The van der Waals surface area contributed by atoms with E-state index in [1.165, 1.54) is 18.0 Å². The Hall–Kier alpha value is -1.61. The molecule has 0 radical (unpaired) electrons. The summed E-state index contributed by atoms with van der Waals surface area (Å²) in [5.74, 6) is 1.18. The van der Waals surface area contributed by atoms with Crippen LogP contribution in [0.4, 0.5) is 0 Å². The van der Waals surface area contributed by atoms with Gasteiger partial charge in [0.25, 0.3) is 0 Å². The van der Waals surface area contributed by atoms with Gasteiger partial charge >= 0.3 is 0 Å². The molecule has 16 heavy (non-hydrogen) atoms. The number of hydrogen-bond acceptors (Lipinski definition) is 3. The molecule has 3 nitrogen and oxygen atoms in total. The summed E-state index contributed by atoms with van der Waals surface area (Å²) < 4.78 is 5.61. The summed E-state index contributed by atoms with van der Waals surface area (Å²) in [5.41, 5.74) is 2.26. The predicted molar refractivity (Wildman–Crippen MR) is 63.0 cm³/mol. The Labute approximate surface area is 99.1 Å². The van der Waals surface area contributed by atoms with Crippen LogP contribution >= 0.6 is 11.6 Å². The van der Waals surface area contributed by atoms with Crippen molar-refractivity contribution in [2.75, 3.05) is 0 Å². The van der Waals surface area contributed by atoms with E-state index in [0.717, 1.165) is 11.3 Å². The molecule has 0 aliphatic rings. The van der Waals surface area contributed by atoms with Gasteiger partial charge in [0.05, 0.1) is 12.4 Å². The third kappa shape index (κ3) is 2.31. The van der Waals surface area contributed by atoms with Crippen LogP contribution < -0.4 is 4.74 Å². The molecule has 0 fully saturated rings. The van der Waals surface area contributed by atoms with Crippen LogP contribution in [0.2, 0.25) is 5.15 Å².